The molecule has 25 heavy (non-hydrogen) atoms. The molecule has 0 radical (unpaired) electrons. The zero-order valence-electron chi connectivity index (χ0n) is 15.4. The monoisotopic (exact) mass is 339 g/mol. The van der Waals surface area contributed by atoms with E-state index in [1.807, 2.05) is 0 Å². The van der Waals surface area contributed by atoms with Gasteiger partial charge in [-0.3, -0.25) is 0 Å². The maximum Gasteiger partial charge on any atom is 0.331 e. The van der Waals surface area contributed by atoms with Crippen LogP contribution in [0.25, 0.3) is 0 Å². The van der Waals surface area contributed by atoms with Gasteiger partial charge in [-0.25, -0.2) is 4.79 Å². The fourth-order valence-corrected chi connectivity index (χ4v) is 7.55. The minimum atomic E-state index is -0.329. The molecule has 4 unspecified atom stereocenters. The van der Waals surface area contributed by atoms with E-state index in [4.69, 9.17) is 10.1 Å². The molecule has 1 aliphatic heterocycles. The van der Waals surface area contributed by atoms with Crippen molar-refractivity contribution in [3.8, 4) is 0 Å². The molecule has 3 heteroatoms. The van der Waals surface area contributed by atoms with E-state index in [0.29, 0.717) is 17.8 Å². The first-order valence-corrected chi connectivity index (χ1v) is 10.1. The number of hydrogen-bond acceptors (Lipinski definition) is 3. The Morgan fingerprint density at radius 3 is 2.84 bits per heavy atom. The topological polar surface area (TPSA) is 50.2 Å². The van der Waals surface area contributed by atoms with E-state index in [2.05, 4.69) is 26.0 Å². The lowest BCUT2D eigenvalue weighted by atomic mass is 9.48. The predicted molar refractivity (Wildman–Crippen MR) is 97.3 cm³/mol. The van der Waals surface area contributed by atoms with Crippen LogP contribution >= 0.6 is 0 Å². The Balaban J connectivity index is 1.50. The summed E-state index contributed by atoms with van der Waals surface area (Å²) in [6, 6.07) is 0. The molecule has 0 amide bonds. The molecular weight excluding hydrogens is 310 g/mol. The summed E-state index contributed by atoms with van der Waals surface area (Å²) in [6.45, 7) is 4.83. The Morgan fingerprint density at radius 2 is 2.08 bits per heavy atom. The van der Waals surface area contributed by atoms with Gasteiger partial charge >= 0.3 is 5.97 Å². The van der Waals surface area contributed by atoms with Crippen LogP contribution in [0, 0.1) is 40.4 Å². The van der Waals surface area contributed by atoms with E-state index in [-0.39, 0.29) is 17.0 Å². The first-order chi connectivity index (χ1) is 11.9. The van der Waals surface area contributed by atoms with Gasteiger partial charge in [0.05, 0.1) is 0 Å². The number of carbonyl (C=O) groups is 1. The third-order valence-electron chi connectivity index (χ3n) is 8.63. The van der Waals surface area contributed by atoms with Crippen LogP contribution in [0.1, 0.15) is 58.8 Å². The molecule has 5 aliphatic rings. The largest absolute Gasteiger partial charge is 0.451 e. The van der Waals surface area contributed by atoms with Crippen LogP contribution in [0.5, 0.6) is 0 Å². The van der Waals surface area contributed by atoms with Gasteiger partial charge in [-0.05, 0) is 86.7 Å². The molecule has 0 aromatic rings. The normalized spacial score (nSPS) is 51.0. The fourth-order valence-electron chi connectivity index (χ4n) is 7.55. The Bertz CT molecular complexity index is 707. The van der Waals surface area contributed by atoms with Crippen molar-refractivity contribution in [3.63, 3.8) is 0 Å². The summed E-state index contributed by atoms with van der Waals surface area (Å²) in [4.78, 5) is 11.9. The van der Waals surface area contributed by atoms with Crippen LogP contribution in [-0.4, -0.2) is 17.3 Å². The van der Waals surface area contributed by atoms with Crippen molar-refractivity contribution in [2.24, 2.45) is 35.0 Å². The summed E-state index contributed by atoms with van der Waals surface area (Å²) in [7, 11) is 0. The zero-order chi connectivity index (χ0) is 17.4. The van der Waals surface area contributed by atoms with E-state index >= 15 is 0 Å². The highest BCUT2D eigenvalue weighted by Crippen LogP contribution is 2.67. The second-order valence-corrected chi connectivity index (χ2v) is 9.56. The number of allylic oxidation sites excluding steroid dienone is 2. The molecule has 134 valence electrons. The SMILES string of the molecule is CC1CC2=CC(=N)CC[C@@H]2C2CC[C@@]3(C)C(CC[C@@]34C=CC(=O)O4)C12. The summed E-state index contributed by atoms with van der Waals surface area (Å²) in [5.41, 5.74) is 2.17. The van der Waals surface area contributed by atoms with Crippen molar-refractivity contribution < 1.29 is 9.53 Å². The van der Waals surface area contributed by atoms with E-state index in [9.17, 15) is 4.79 Å². The van der Waals surface area contributed by atoms with Crippen molar-refractivity contribution in [3.05, 3.63) is 23.8 Å². The van der Waals surface area contributed by atoms with E-state index < -0.39 is 0 Å². The lowest BCUT2D eigenvalue weighted by molar-refractivity contribution is -0.162. The van der Waals surface area contributed by atoms with E-state index in [1.165, 1.54) is 32.1 Å². The van der Waals surface area contributed by atoms with Gasteiger partial charge in [0.15, 0.2) is 0 Å². The van der Waals surface area contributed by atoms with Crippen molar-refractivity contribution in [2.75, 3.05) is 0 Å². The Hall–Kier alpha value is -1.38. The zero-order valence-corrected chi connectivity index (χ0v) is 15.4. The molecule has 0 saturated heterocycles. The highest BCUT2D eigenvalue weighted by molar-refractivity contribution is 5.93. The average Bonchev–Trinajstić information content (AvgIpc) is 3.09. The summed E-state index contributed by atoms with van der Waals surface area (Å²) in [6.07, 6.45) is 13.9. The second kappa shape index (κ2) is 5.08. The molecule has 5 rings (SSSR count). The predicted octanol–water partition coefficient (Wildman–Crippen LogP) is 4.68. The second-order valence-electron chi connectivity index (χ2n) is 9.56. The van der Waals surface area contributed by atoms with Crippen LogP contribution in [-0.2, 0) is 9.53 Å². The molecule has 1 N–H and O–H groups in total. The number of nitrogens with one attached hydrogen (secondary N) is 1. The van der Waals surface area contributed by atoms with Crippen LogP contribution in [0.3, 0.4) is 0 Å². The lowest BCUT2D eigenvalue weighted by Crippen LogP contribution is -2.54. The Kier molecular flexibility index (Phi) is 3.22. The number of ether oxygens (including phenoxy) is 1. The minimum absolute atomic E-state index is 0.105. The highest BCUT2D eigenvalue weighted by Gasteiger charge is 2.65. The molecule has 0 bridgehead atoms. The smallest absolute Gasteiger partial charge is 0.331 e. The summed E-state index contributed by atoms with van der Waals surface area (Å²) in [5, 5.41) is 8.05. The van der Waals surface area contributed by atoms with Crippen LogP contribution in [0.15, 0.2) is 23.8 Å². The van der Waals surface area contributed by atoms with Crippen LogP contribution < -0.4 is 0 Å². The molecule has 1 heterocycles. The summed E-state index contributed by atoms with van der Waals surface area (Å²) >= 11 is 0. The number of fused-ring (bicyclic) bond motifs is 6. The molecule has 7 atom stereocenters. The number of esters is 1. The quantitative estimate of drug-likeness (QED) is 0.652. The van der Waals surface area contributed by atoms with Crippen LogP contribution in [0.4, 0.5) is 0 Å². The van der Waals surface area contributed by atoms with Gasteiger partial charge in [0, 0.05) is 17.2 Å². The maximum atomic E-state index is 11.9. The number of rotatable bonds is 0. The van der Waals surface area contributed by atoms with Gasteiger partial charge in [-0.15, -0.1) is 0 Å². The Morgan fingerprint density at radius 1 is 1.24 bits per heavy atom. The van der Waals surface area contributed by atoms with Gasteiger partial charge in [0.25, 0.3) is 0 Å². The molecule has 3 fully saturated rings. The van der Waals surface area contributed by atoms with E-state index in [1.54, 1.807) is 11.6 Å². The maximum absolute atomic E-state index is 11.9. The third kappa shape index (κ3) is 1.98. The van der Waals surface area contributed by atoms with Gasteiger partial charge in [-0.1, -0.05) is 19.4 Å². The molecule has 3 saturated carbocycles. The number of hydrogen-bond donors (Lipinski definition) is 1. The highest BCUT2D eigenvalue weighted by atomic mass is 16.6. The molecule has 0 aromatic carbocycles. The van der Waals surface area contributed by atoms with Crippen molar-refractivity contribution in [1.82, 2.24) is 0 Å². The molecular formula is C22H29NO2. The summed E-state index contributed by atoms with van der Waals surface area (Å²) in [5.74, 6) is 3.44. The van der Waals surface area contributed by atoms with Gasteiger partial charge in [-0.2, -0.15) is 0 Å². The van der Waals surface area contributed by atoms with Gasteiger partial charge < -0.3 is 10.1 Å². The van der Waals surface area contributed by atoms with Gasteiger partial charge in [0.2, 0.25) is 0 Å². The van der Waals surface area contributed by atoms with Gasteiger partial charge in [0.1, 0.15) is 5.60 Å². The molecule has 0 aromatic heterocycles. The van der Waals surface area contributed by atoms with Crippen molar-refractivity contribution in [1.29, 1.82) is 5.41 Å². The Labute approximate surface area is 150 Å². The molecule has 1 spiro atoms. The van der Waals surface area contributed by atoms with Crippen molar-refractivity contribution in [2.45, 2.75) is 64.4 Å². The lowest BCUT2D eigenvalue weighted by Gasteiger charge is -2.57. The first kappa shape index (κ1) is 15.8. The number of carbonyl (C=O) groups excluding carboxylic acids is 1. The molecule has 4 aliphatic carbocycles. The van der Waals surface area contributed by atoms with Crippen LogP contribution in [0.2, 0.25) is 0 Å². The van der Waals surface area contributed by atoms with E-state index in [0.717, 1.165) is 30.4 Å². The fraction of sp³-hybridized carbons (Fsp3) is 0.727. The first-order valence-electron chi connectivity index (χ1n) is 10.1. The third-order valence-corrected chi connectivity index (χ3v) is 8.63. The minimum Gasteiger partial charge on any atom is -0.451 e. The standard InChI is InChI=1S/C22H29NO2/c1-13-11-14-12-15(23)3-4-16(14)17-5-8-21(2)18(20(13)17)6-9-22(21)10-7-19(24)25-22/h7,10,12-13,16-18,20,23H,3-6,8-9,11H2,1-2H3/t13?,16-,17?,18?,20?,21-,22+/m0/s1. The average molecular weight is 339 g/mol. The summed E-state index contributed by atoms with van der Waals surface area (Å²) < 4.78 is 5.93. The molecule has 3 nitrogen and oxygen atoms in total. The van der Waals surface area contributed by atoms with Crippen molar-refractivity contribution >= 4 is 11.7 Å².